The molecule has 100 valence electrons. The Morgan fingerprint density at radius 1 is 1.42 bits per heavy atom. The summed E-state index contributed by atoms with van der Waals surface area (Å²) in [4.78, 5) is 21.7. The Kier molecular flexibility index (Phi) is 3.06. The maximum absolute atomic E-state index is 12.6. The summed E-state index contributed by atoms with van der Waals surface area (Å²) in [5.41, 5.74) is 1.72. The van der Waals surface area contributed by atoms with Crippen LogP contribution in [0.3, 0.4) is 0 Å². The third-order valence-electron chi connectivity index (χ3n) is 3.70. The molecule has 0 saturated carbocycles. The van der Waals surface area contributed by atoms with Crippen LogP contribution in [-0.2, 0) is 0 Å². The van der Waals surface area contributed by atoms with Crippen LogP contribution in [0, 0.1) is 6.92 Å². The molecule has 0 bridgehead atoms. The number of carbonyl (C=O) groups excluding carboxylic acids is 1. The second-order valence-electron chi connectivity index (χ2n) is 4.93. The number of piperidine rings is 1. The van der Waals surface area contributed by atoms with Crippen molar-refractivity contribution in [2.45, 2.75) is 32.2 Å². The van der Waals surface area contributed by atoms with E-state index in [1.54, 1.807) is 6.20 Å². The first-order valence-corrected chi connectivity index (χ1v) is 6.57. The normalized spacial score (nSPS) is 19.6. The number of H-pyrrole nitrogens is 2. The molecule has 0 spiro atoms. The van der Waals surface area contributed by atoms with Crippen molar-refractivity contribution in [3.05, 3.63) is 35.7 Å². The van der Waals surface area contributed by atoms with Crippen molar-refractivity contribution in [2.24, 2.45) is 0 Å². The van der Waals surface area contributed by atoms with Gasteiger partial charge < -0.3 is 9.88 Å². The Morgan fingerprint density at radius 3 is 3.00 bits per heavy atom. The van der Waals surface area contributed by atoms with Crippen molar-refractivity contribution in [3.8, 4) is 0 Å². The molecular formula is C13H17N5O. The van der Waals surface area contributed by atoms with Gasteiger partial charge in [0.05, 0.1) is 11.6 Å². The topological polar surface area (TPSA) is 77.7 Å². The molecule has 19 heavy (non-hydrogen) atoms. The molecule has 6 nitrogen and oxygen atoms in total. The van der Waals surface area contributed by atoms with Crippen LogP contribution in [0.25, 0.3) is 0 Å². The molecule has 0 aliphatic carbocycles. The molecule has 1 fully saturated rings. The molecule has 1 amide bonds. The van der Waals surface area contributed by atoms with Gasteiger partial charge in [0.25, 0.3) is 5.91 Å². The van der Waals surface area contributed by atoms with Gasteiger partial charge in [0.1, 0.15) is 12.2 Å². The van der Waals surface area contributed by atoms with Crippen molar-refractivity contribution in [1.29, 1.82) is 0 Å². The molecule has 2 N–H and O–H groups in total. The molecular weight excluding hydrogens is 242 g/mol. The molecule has 0 unspecified atom stereocenters. The SMILES string of the molecule is Cc1c[nH]cc1C(=O)N1CCCC[C@H]1c1ncn[nH]1. The fourth-order valence-corrected chi connectivity index (χ4v) is 2.66. The van der Waals surface area contributed by atoms with Crippen LogP contribution in [0.1, 0.15) is 47.1 Å². The lowest BCUT2D eigenvalue weighted by molar-refractivity contribution is 0.0600. The Hall–Kier alpha value is -2.11. The number of nitrogens with one attached hydrogen (secondary N) is 2. The van der Waals surface area contributed by atoms with Crippen LogP contribution in [0.5, 0.6) is 0 Å². The standard InChI is InChI=1S/C13H17N5O/c1-9-6-14-7-10(9)13(19)18-5-3-2-4-11(18)12-15-8-16-17-12/h6-8,11,14H,2-5H2,1H3,(H,15,16,17)/t11-/m0/s1. The largest absolute Gasteiger partial charge is 0.367 e. The van der Waals surface area contributed by atoms with Crippen molar-refractivity contribution < 1.29 is 4.79 Å². The monoisotopic (exact) mass is 259 g/mol. The second kappa shape index (κ2) is 4.87. The average molecular weight is 259 g/mol. The first kappa shape index (κ1) is 12.0. The predicted octanol–water partition coefficient (Wildman–Crippen LogP) is 1.81. The second-order valence-corrected chi connectivity index (χ2v) is 4.93. The Bertz CT molecular complexity index is 559. The van der Waals surface area contributed by atoms with Crippen molar-refractivity contribution in [3.63, 3.8) is 0 Å². The minimum Gasteiger partial charge on any atom is -0.367 e. The average Bonchev–Trinajstić information content (AvgIpc) is 3.09. The van der Waals surface area contributed by atoms with Crippen LogP contribution < -0.4 is 0 Å². The summed E-state index contributed by atoms with van der Waals surface area (Å²) in [5.74, 6) is 0.848. The molecule has 0 aromatic carbocycles. The highest BCUT2D eigenvalue weighted by Crippen LogP contribution is 2.30. The van der Waals surface area contributed by atoms with E-state index in [1.165, 1.54) is 6.33 Å². The number of hydrogen-bond donors (Lipinski definition) is 2. The highest BCUT2D eigenvalue weighted by Gasteiger charge is 2.31. The van der Waals surface area contributed by atoms with E-state index >= 15 is 0 Å². The number of carbonyl (C=O) groups is 1. The van der Waals surface area contributed by atoms with Gasteiger partial charge in [0, 0.05) is 18.9 Å². The van der Waals surface area contributed by atoms with Crippen LogP contribution >= 0.6 is 0 Å². The Balaban J connectivity index is 1.89. The zero-order valence-corrected chi connectivity index (χ0v) is 10.9. The summed E-state index contributed by atoms with van der Waals surface area (Å²) in [6, 6.07) is 0.0121. The molecule has 3 heterocycles. The minimum atomic E-state index is 0.0121. The van der Waals surface area contributed by atoms with Gasteiger partial charge in [0.15, 0.2) is 0 Å². The summed E-state index contributed by atoms with van der Waals surface area (Å²) in [6.45, 7) is 2.71. The first-order valence-electron chi connectivity index (χ1n) is 6.57. The van der Waals surface area contributed by atoms with Crippen LogP contribution in [0.4, 0.5) is 0 Å². The molecule has 1 aliphatic rings. The van der Waals surface area contributed by atoms with Crippen LogP contribution in [-0.4, -0.2) is 37.5 Å². The fourth-order valence-electron chi connectivity index (χ4n) is 2.66. The third-order valence-corrected chi connectivity index (χ3v) is 3.70. The van der Waals surface area contributed by atoms with E-state index in [0.29, 0.717) is 0 Å². The lowest BCUT2D eigenvalue weighted by atomic mass is 10.00. The molecule has 2 aromatic rings. The van der Waals surface area contributed by atoms with Gasteiger partial charge in [-0.05, 0) is 31.7 Å². The van der Waals surface area contributed by atoms with E-state index in [-0.39, 0.29) is 11.9 Å². The summed E-state index contributed by atoms with van der Waals surface area (Å²) in [7, 11) is 0. The molecule has 1 saturated heterocycles. The Morgan fingerprint density at radius 2 is 2.32 bits per heavy atom. The maximum atomic E-state index is 12.6. The number of hydrogen-bond acceptors (Lipinski definition) is 3. The predicted molar refractivity (Wildman–Crippen MR) is 69.5 cm³/mol. The molecule has 2 aromatic heterocycles. The highest BCUT2D eigenvalue weighted by molar-refractivity contribution is 5.95. The molecule has 6 heteroatoms. The zero-order valence-electron chi connectivity index (χ0n) is 10.9. The number of nitrogens with zero attached hydrogens (tertiary/aromatic N) is 3. The number of aromatic nitrogens is 4. The quantitative estimate of drug-likeness (QED) is 0.863. The molecule has 1 aliphatic heterocycles. The van der Waals surface area contributed by atoms with Gasteiger partial charge in [-0.25, -0.2) is 4.98 Å². The van der Waals surface area contributed by atoms with Gasteiger partial charge in [-0.1, -0.05) is 0 Å². The number of likely N-dealkylation sites (tertiary alicyclic amines) is 1. The summed E-state index contributed by atoms with van der Waals surface area (Å²) in [5, 5.41) is 6.78. The Labute approximate surface area is 111 Å². The minimum absolute atomic E-state index is 0.0121. The summed E-state index contributed by atoms with van der Waals surface area (Å²) < 4.78 is 0. The number of amides is 1. The van der Waals surface area contributed by atoms with E-state index in [2.05, 4.69) is 20.2 Å². The van der Waals surface area contributed by atoms with Crippen LogP contribution in [0.2, 0.25) is 0 Å². The smallest absolute Gasteiger partial charge is 0.256 e. The van der Waals surface area contributed by atoms with Gasteiger partial charge in [-0.15, -0.1) is 0 Å². The summed E-state index contributed by atoms with van der Waals surface area (Å²) in [6.07, 6.45) is 8.20. The van der Waals surface area contributed by atoms with Crippen molar-refractivity contribution >= 4 is 5.91 Å². The zero-order chi connectivity index (χ0) is 13.2. The van der Waals surface area contributed by atoms with E-state index in [9.17, 15) is 4.79 Å². The van der Waals surface area contributed by atoms with Gasteiger partial charge in [-0.3, -0.25) is 9.89 Å². The van der Waals surface area contributed by atoms with Gasteiger partial charge in [0.2, 0.25) is 0 Å². The maximum Gasteiger partial charge on any atom is 0.256 e. The van der Waals surface area contributed by atoms with Crippen LogP contribution in [0.15, 0.2) is 18.7 Å². The van der Waals surface area contributed by atoms with E-state index in [1.807, 2.05) is 18.0 Å². The van der Waals surface area contributed by atoms with E-state index in [4.69, 9.17) is 0 Å². The van der Waals surface area contributed by atoms with Crippen molar-refractivity contribution in [1.82, 2.24) is 25.1 Å². The van der Waals surface area contributed by atoms with E-state index in [0.717, 1.165) is 42.8 Å². The lowest BCUT2D eigenvalue weighted by Gasteiger charge is -2.34. The lowest BCUT2D eigenvalue weighted by Crippen LogP contribution is -2.39. The first-order chi connectivity index (χ1) is 9.27. The van der Waals surface area contributed by atoms with Gasteiger partial charge in [-0.2, -0.15) is 5.10 Å². The molecule has 0 radical (unpaired) electrons. The van der Waals surface area contributed by atoms with Crippen molar-refractivity contribution in [2.75, 3.05) is 6.54 Å². The van der Waals surface area contributed by atoms with Gasteiger partial charge >= 0.3 is 0 Å². The fraction of sp³-hybridized carbons (Fsp3) is 0.462. The molecule has 3 rings (SSSR count). The third kappa shape index (κ3) is 2.14. The van der Waals surface area contributed by atoms with E-state index < -0.39 is 0 Å². The summed E-state index contributed by atoms with van der Waals surface area (Å²) >= 11 is 0. The number of rotatable bonds is 2. The molecule has 1 atom stereocenters. The number of aromatic amines is 2. The highest BCUT2D eigenvalue weighted by atomic mass is 16.2. The number of aryl methyl sites for hydroxylation is 1.